The molecule has 0 bridgehead atoms. The molecule has 3 heteroatoms. The highest BCUT2D eigenvalue weighted by Gasteiger charge is 2.29. The molecule has 0 amide bonds. The van der Waals surface area contributed by atoms with Gasteiger partial charge < -0.3 is 9.84 Å². The summed E-state index contributed by atoms with van der Waals surface area (Å²) in [6.45, 7) is 0.930. The molecule has 2 unspecified atom stereocenters. The predicted molar refractivity (Wildman–Crippen MR) is 34.1 cm³/mol. The molecule has 2 atom stereocenters. The lowest BCUT2D eigenvalue weighted by molar-refractivity contribution is -0.0553. The van der Waals surface area contributed by atoms with Crippen LogP contribution in [0, 0.1) is 0 Å². The molecule has 1 N–H and O–H groups in total. The number of likely N-dealkylation sites (N-methyl/N-ethyl adjacent to an activating group) is 1. The Kier molecular flexibility index (Phi) is 2.05. The maximum Gasteiger partial charge on any atom is 0.136 e. The Morgan fingerprint density at radius 1 is 1.67 bits per heavy atom. The summed E-state index contributed by atoms with van der Waals surface area (Å²) in [5.74, 6) is 0. The number of aliphatic hydroxyl groups excluding tert-OH is 1. The second-order valence-electron chi connectivity index (χ2n) is 2.46. The van der Waals surface area contributed by atoms with Crippen molar-refractivity contribution in [1.29, 1.82) is 0 Å². The van der Waals surface area contributed by atoms with Crippen molar-refractivity contribution in [3.05, 3.63) is 0 Å². The number of hydrogen-bond donors (Lipinski definition) is 1. The van der Waals surface area contributed by atoms with E-state index in [1.54, 1.807) is 7.11 Å². The highest BCUT2D eigenvalue weighted by molar-refractivity contribution is 4.76. The molecule has 0 aromatic rings. The van der Waals surface area contributed by atoms with Crippen molar-refractivity contribution in [3.8, 4) is 0 Å². The van der Waals surface area contributed by atoms with Crippen LogP contribution in [0.25, 0.3) is 0 Å². The van der Waals surface area contributed by atoms with Crippen molar-refractivity contribution >= 4 is 0 Å². The third-order valence-electron chi connectivity index (χ3n) is 1.78. The smallest absolute Gasteiger partial charge is 0.136 e. The van der Waals surface area contributed by atoms with Gasteiger partial charge in [-0.1, -0.05) is 0 Å². The lowest BCUT2D eigenvalue weighted by Crippen LogP contribution is -2.33. The van der Waals surface area contributed by atoms with E-state index >= 15 is 0 Å². The fraction of sp³-hybridized carbons (Fsp3) is 1.00. The topological polar surface area (TPSA) is 32.7 Å². The summed E-state index contributed by atoms with van der Waals surface area (Å²) in [7, 11) is 3.57. The normalized spacial score (nSPS) is 37.7. The largest absolute Gasteiger partial charge is 0.389 e. The molecule has 1 heterocycles. The van der Waals surface area contributed by atoms with Crippen LogP contribution < -0.4 is 0 Å². The van der Waals surface area contributed by atoms with Crippen LogP contribution in [0.5, 0.6) is 0 Å². The Labute approximate surface area is 55.2 Å². The van der Waals surface area contributed by atoms with Gasteiger partial charge in [-0.15, -0.1) is 0 Å². The van der Waals surface area contributed by atoms with E-state index in [1.165, 1.54) is 0 Å². The van der Waals surface area contributed by atoms with Crippen molar-refractivity contribution in [3.63, 3.8) is 0 Å². The first-order valence-corrected chi connectivity index (χ1v) is 3.17. The summed E-state index contributed by atoms with van der Waals surface area (Å²) < 4.78 is 5.01. The zero-order valence-electron chi connectivity index (χ0n) is 5.87. The summed E-state index contributed by atoms with van der Waals surface area (Å²) in [6.07, 6.45) is 0.458. The first kappa shape index (κ1) is 6.99. The van der Waals surface area contributed by atoms with Crippen LogP contribution in [0.4, 0.5) is 0 Å². The Hall–Kier alpha value is -0.120. The molecule has 0 radical (unpaired) electrons. The molecule has 0 aliphatic carbocycles. The zero-order chi connectivity index (χ0) is 6.85. The standard InChI is InChI=1S/C6H13NO2/c1-7-4-3-5(8)6(7)9-2/h5-6,8H,3-4H2,1-2H3. The van der Waals surface area contributed by atoms with Crippen LogP contribution in [0.1, 0.15) is 6.42 Å². The molecule has 0 aromatic heterocycles. The molecule has 1 saturated heterocycles. The van der Waals surface area contributed by atoms with Gasteiger partial charge in [0.05, 0.1) is 6.10 Å². The summed E-state index contributed by atoms with van der Waals surface area (Å²) in [4.78, 5) is 2.00. The predicted octanol–water partition coefficient (Wildman–Crippen LogP) is -0.345. The quantitative estimate of drug-likeness (QED) is 0.528. The number of methoxy groups -OCH3 is 1. The number of ether oxygens (including phenoxy) is 1. The van der Waals surface area contributed by atoms with E-state index in [9.17, 15) is 5.11 Å². The van der Waals surface area contributed by atoms with Crippen molar-refractivity contribution in [2.24, 2.45) is 0 Å². The van der Waals surface area contributed by atoms with E-state index in [2.05, 4.69) is 0 Å². The minimum atomic E-state index is -0.292. The SMILES string of the molecule is COC1C(O)CCN1C. The van der Waals surface area contributed by atoms with Gasteiger partial charge in [-0.25, -0.2) is 0 Å². The van der Waals surface area contributed by atoms with Gasteiger partial charge in [0, 0.05) is 13.7 Å². The van der Waals surface area contributed by atoms with Crippen molar-refractivity contribution in [2.45, 2.75) is 18.8 Å². The molecule has 1 rings (SSSR count). The van der Waals surface area contributed by atoms with Gasteiger partial charge in [0.2, 0.25) is 0 Å². The molecular formula is C6H13NO2. The van der Waals surface area contributed by atoms with Crippen molar-refractivity contribution < 1.29 is 9.84 Å². The Balaban J connectivity index is 2.44. The van der Waals surface area contributed by atoms with Crippen LogP contribution in [0.15, 0.2) is 0 Å². The summed E-state index contributed by atoms with van der Waals surface area (Å²) in [5, 5.41) is 9.19. The molecule has 9 heavy (non-hydrogen) atoms. The van der Waals surface area contributed by atoms with Gasteiger partial charge in [-0.2, -0.15) is 0 Å². The monoisotopic (exact) mass is 131 g/mol. The van der Waals surface area contributed by atoms with E-state index in [0.717, 1.165) is 13.0 Å². The summed E-state index contributed by atoms with van der Waals surface area (Å²) in [5.41, 5.74) is 0. The third kappa shape index (κ3) is 1.23. The first-order chi connectivity index (χ1) is 4.25. The van der Waals surface area contributed by atoms with Gasteiger partial charge >= 0.3 is 0 Å². The fourth-order valence-corrected chi connectivity index (χ4v) is 1.24. The van der Waals surface area contributed by atoms with E-state index in [-0.39, 0.29) is 12.3 Å². The molecule has 54 valence electrons. The molecule has 3 nitrogen and oxygen atoms in total. The van der Waals surface area contributed by atoms with Gasteiger partial charge in [-0.05, 0) is 13.5 Å². The maximum absolute atomic E-state index is 9.19. The molecule has 1 aliphatic heterocycles. The lowest BCUT2D eigenvalue weighted by Gasteiger charge is -2.19. The van der Waals surface area contributed by atoms with Gasteiger partial charge in [0.25, 0.3) is 0 Å². The summed E-state index contributed by atoms with van der Waals surface area (Å²) in [6, 6.07) is 0. The zero-order valence-corrected chi connectivity index (χ0v) is 5.87. The van der Waals surface area contributed by atoms with Crippen LogP contribution >= 0.6 is 0 Å². The van der Waals surface area contributed by atoms with E-state index in [4.69, 9.17) is 4.74 Å². The number of rotatable bonds is 1. The molecule has 1 fully saturated rings. The average Bonchev–Trinajstić information content (AvgIpc) is 2.12. The minimum Gasteiger partial charge on any atom is -0.389 e. The molecule has 0 spiro atoms. The maximum atomic E-state index is 9.19. The Morgan fingerprint density at radius 3 is 2.56 bits per heavy atom. The second kappa shape index (κ2) is 2.64. The van der Waals surface area contributed by atoms with Crippen LogP contribution in [-0.2, 0) is 4.74 Å². The van der Waals surface area contributed by atoms with E-state index < -0.39 is 0 Å². The summed E-state index contributed by atoms with van der Waals surface area (Å²) >= 11 is 0. The van der Waals surface area contributed by atoms with Crippen LogP contribution in [-0.4, -0.2) is 43.0 Å². The van der Waals surface area contributed by atoms with Gasteiger partial charge in [0.1, 0.15) is 6.23 Å². The van der Waals surface area contributed by atoms with Crippen molar-refractivity contribution in [1.82, 2.24) is 4.90 Å². The van der Waals surface area contributed by atoms with Crippen LogP contribution in [0.2, 0.25) is 0 Å². The second-order valence-corrected chi connectivity index (χ2v) is 2.46. The number of aliphatic hydroxyl groups is 1. The van der Waals surface area contributed by atoms with Gasteiger partial charge in [-0.3, -0.25) is 4.90 Å². The Morgan fingerprint density at radius 2 is 2.33 bits per heavy atom. The number of nitrogens with zero attached hydrogens (tertiary/aromatic N) is 1. The minimum absolute atomic E-state index is 0.0787. The lowest BCUT2D eigenvalue weighted by atomic mass is 10.3. The average molecular weight is 131 g/mol. The highest BCUT2D eigenvalue weighted by atomic mass is 16.5. The first-order valence-electron chi connectivity index (χ1n) is 3.17. The number of hydrogen-bond acceptors (Lipinski definition) is 3. The number of likely N-dealkylation sites (tertiary alicyclic amines) is 1. The molecular weight excluding hydrogens is 118 g/mol. The highest BCUT2D eigenvalue weighted by Crippen LogP contribution is 2.15. The molecule has 0 saturated carbocycles. The third-order valence-corrected chi connectivity index (χ3v) is 1.78. The van der Waals surface area contributed by atoms with Crippen molar-refractivity contribution in [2.75, 3.05) is 20.7 Å². The van der Waals surface area contributed by atoms with Crippen LogP contribution in [0.3, 0.4) is 0 Å². The fourth-order valence-electron chi connectivity index (χ4n) is 1.24. The van der Waals surface area contributed by atoms with Gasteiger partial charge in [0.15, 0.2) is 0 Å². The Bertz CT molecular complexity index is 87.1. The van der Waals surface area contributed by atoms with E-state index in [0.29, 0.717) is 0 Å². The molecule has 0 aromatic carbocycles. The van der Waals surface area contributed by atoms with E-state index in [1.807, 2.05) is 11.9 Å². The molecule has 1 aliphatic rings.